The van der Waals surface area contributed by atoms with E-state index in [1.807, 2.05) is 0 Å². The summed E-state index contributed by atoms with van der Waals surface area (Å²) in [5.74, 6) is 0. The maximum atomic E-state index is 4.89. The van der Waals surface area contributed by atoms with Crippen LogP contribution < -0.4 is 4.67 Å². The van der Waals surface area contributed by atoms with Gasteiger partial charge in [-0.05, 0) is 23.2 Å². The fourth-order valence-electron chi connectivity index (χ4n) is 0.0213. The molecule has 0 aliphatic rings. The topological polar surface area (TPSA) is 14.1 Å². The summed E-state index contributed by atoms with van der Waals surface area (Å²) < 4.78 is 3.25. The lowest BCUT2D eigenvalue weighted by Crippen LogP contribution is -1.60. The molecule has 0 spiro atoms. The molecule has 0 unspecified atom stereocenters. The third-order valence-electron chi connectivity index (χ3n) is 0.113. The second-order valence-corrected chi connectivity index (χ2v) is 0.735. The van der Waals surface area contributed by atoms with Crippen LogP contribution in [0.3, 0.4) is 0 Å². The molecule has 0 fully saturated rings. The van der Waals surface area contributed by atoms with Crippen molar-refractivity contribution < 1.29 is 0 Å². The molecule has 0 heterocycles. The van der Waals surface area contributed by atoms with Gasteiger partial charge in [-0.3, -0.25) is 0 Å². The van der Waals surface area contributed by atoms with Gasteiger partial charge in [0, 0.05) is 0 Å². The van der Waals surface area contributed by atoms with Crippen molar-refractivity contribution in [3.8, 4) is 0 Å². The SMILES string of the molecule is ClC=[N+]=CCl. The number of rotatable bonds is 0. The molecule has 0 N–H and O–H groups in total. The molecule has 0 rings (SSSR count). The lowest BCUT2D eigenvalue weighted by molar-refractivity contribution is 1.80. The van der Waals surface area contributed by atoms with Crippen LogP contribution in [0.1, 0.15) is 0 Å². The normalized spacial score (nSPS) is 5.20. The summed E-state index contributed by atoms with van der Waals surface area (Å²) in [6.07, 6.45) is 0. The van der Waals surface area contributed by atoms with Crippen molar-refractivity contribution in [3.63, 3.8) is 0 Å². The highest BCUT2D eigenvalue weighted by Crippen LogP contribution is 1.49. The Labute approximate surface area is 40.0 Å². The lowest BCUT2D eigenvalue weighted by atomic mass is 11.6. The van der Waals surface area contributed by atoms with E-state index in [-0.39, 0.29) is 0 Å². The highest BCUT2D eigenvalue weighted by Gasteiger charge is 1.59. The van der Waals surface area contributed by atoms with Crippen LogP contribution in [0.25, 0.3) is 0 Å². The van der Waals surface area contributed by atoms with E-state index in [1.165, 1.54) is 0 Å². The number of hydrogen-bond acceptors (Lipinski definition) is 0. The summed E-state index contributed by atoms with van der Waals surface area (Å²) in [7, 11) is 0. The Morgan fingerprint density at radius 3 is 1.60 bits per heavy atom. The molecule has 0 aliphatic carbocycles. The van der Waals surface area contributed by atoms with Crippen LogP contribution in [0.2, 0.25) is 0 Å². The molecule has 0 aromatic rings. The minimum absolute atomic E-state index is 1.09. The minimum atomic E-state index is 1.09. The van der Waals surface area contributed by atoms with Gasteiger partial charge in [0.1, 0.15) is 0 Å². The van der Waals surface area contributed by atoms with Gasteiger partial charge in [-0.25, -0.2) is 0 Å². The molecule has 0 bridgehead atoms. The van der Waals surface area contributed by atoms with Gasteiger partial charge in [0.05, 0.1) is 0 Å². The van der Waals surface area contributed by atoms with Crippen molar-refractivity contribution in [1.29, 1.82) is 0 Å². The van der Waals surface area contributed by atoms with Gasteiger partial charge in [0.2, 0.25) is 0 Å². The minimum Gasteiger partial charge on any atom is -0.0740 e. The Kier molecular flexibility index (Phi) is 4.05. The summed E-state index contributed by atoms with van der Waals surface area (Å²) >= 11 is 9.79. The Bertz CT molecular complexity index is 56.0. The molecule has 1 nitrogen and oxygen atoms in total. The first-order valence-corrected chi connectivity index (χ1v) is 1.83. The average molecular weight is 111 g/mol. The molecule has 5 heavy (non-hydrogen) atoms. The third-order valence-corrected chi connectivity index (χ3v) is 0.338. The van der Waals surface area contributed by atoms with E-state index < -0.39 is 0 Å². The van der Waals surface area contributed by atoms with Crippen molar-refractivity contribution in [2.24, 2.45) is 0 Å². The fraction of sp³-hybridized carbons (Fsp3) is 0. The highest BCUT2D eigenvalue weighted by atomic mass is 35.5. The molecule has 28 valence electrons. The van der Waals surface area contributed by atoms with Crippen LogP contribution in [-0.4, -0.2) is 11.3 Å². The highest BCUT2D eigenvalue weighted by molar-refractivity contribution is 6.59. The van der Waals surface area contributed by atoms with Crippen molar-refractivity contribution in [2.75, 3.05) is 0 Å². The molecule has 0 aromatic carbocycles. The third kappa shape index (κ3) is 4.03. The standard InChI is InChI=1S/C2H2Cl2N/c3-1-5-2-4/h1-2H/q+1. The van der Waals surface area contributed by atoms with Crippen LogP contribution in [0.4, 0.5) is 0 Å². The van der Waals surface area contributed by atoms with E-state index in [4.69, 9.17) is 23.2 Å². The van der Waals surface area contributed by atoms with Gasteiger partial charge in [-0.1, -0.05) is 4.67 Å². The maximum Gasteiger partial charge on any atom is 0.361 e. The molecule has 0 atom stereocenters. The fourth-order valence-corrected chi connectivity index (χ4v) is 0.192. The second-order valence-electron chi connectivity index (χ2n) is 0.344. The van der Waals surface area contributed by atoms with Gasteiger partial charge in [-0.15, -0.1) is 0 Å². The first kappa shape index (κ1) is 5.03. The van der Waals surface area contributed by atoms with Gasteiger partial charge in [0.25, 0.3) is 0 Å². The maximum absolute atomic E-state index is 4.89. The van der Waals surface area contributed by atoms with Gasteiger partial charge < -0.3 is 0 Å². The summed E-state index contributed by atoms with van der Waals surface area (Å²) in [6, 6.07) is 0. The largest absolute Gasteiger partial charge is 0.361 e. The van der Waals surface area contributed by atoms with Crippen molar-refractivity contribution in [1.82, 2.24) is 4.67 Å². The Balaban J connectivity index is 3.26. The Hall–Kier alpha value is 0.0300. The summed E-state index contributed by atoms with van der Waals surface area (Å²) in [4.78, 5) is 0. The average Bonchev–Trinajstić information content (AvgIpc) is 1.41. The van der Waals surface area contributed by atoms with E-state index in [1.54, 1.807) is 0 Å². The molecule has 0 aromatic heterocycles. The Morgan fingerprint density at radius 1 is 1.20 bits per heavy atom. The molecule has 0 radical (unpaired) electrons. The summed E-state index contributed by atoms with van der Waals surface area (Å²) in [5, 5.41) is 0. The van der Waals surface area contributed by atoms with Crippen LogP contribution in [0.15, 0.2) is 0 Å². The first-order valence-electron chi connectivity index (χ1n) is 0.953. The summed E-state index contributed by atoms with van der Waals surface area (Å²) in [5.41, 5.74) is 2.18. The molecule has 0 saturated heterocycles. The molecular weight excluding hydrogens is 109 g/mol. The van der Waals surface area contributed by atoms with E-state index in [9.17, 15) is 0 Å². The second kappa shape index (κ2) is 4.03. The lowest BCUT2D eigenvalue weighted by Gasteiger charge is -1.27. The predicted molar refractivity (Wildman–Crippen MR) is 26.0 cm³/mol. The number of hydrogen-bond donors (Lipinski definition) is 0. The van der Waals surface area contributed by atoms with Crippen molar-refractivity contribution in [2.45, 2.75) is 0 Å². The quantitative estimate of drug-likeness (QED) is 0.320. The van der Waals surface area contributed by atoms with E-state index >= 15 is 0 Å². The van der Waals surface area contributed by atoms with Crippen LogP contribution in [0.5, 0.6) is 0 Å². The molecule has 0 saturated carbocycles. The number of nitrogens with zero attached hydrogens (tertiary/aromatic N) is 1. The zero-order valence-electron chi connectivity index (χ0n) is 2.36. The van der Waals surface area contributed by atoms with Crippen LogP contribution in [0, 0.1) is 0 Å². The zero-order chi connectivity index (χ0) is 4.12. The van der Waals surface area contributed by atoms with Crippen molar-refractivity contribution >= 4 is 34.5 Å². The molecule has 0 aliphatic heterocycles. The molecular formula is C2H2Cl2N+. The Morgan fingerprint density at radius 2 is 1.60 bits per heavy atom. The monoisotopic (exact) mass is 110 g/mol. The zero-order valence-corrected chi connectivity index (χ0v) is 3.87. The summed E-state index contributed by atoms with van der Waals surface area (Å²) in [6.45, 7) is 0. The van der Waals surface area contributed by atoms with Crippen LogP contribution in [-0.2, 0) is 0 Å². The van der Waals surface area contributed by atoms with Crippen LogP contribution >= 0.6 is 23.2 Å². The molecule has 3 heteroatoms. The van der Waals surface area contributed by atoms with Gasteiger partial charge in [-0.2, -0.15) is 0 Å². The van der Waals surface area contributed by atoms with Gasteiger partial charge >= 0.3 is 11.3 Å². The first-order chi connectivity index (χ1) is 2.41. The van der Waals surface area contributed by atoms with E-state index in [0.29, 0.717) is 0 Å². The van der Waals surface area contributed by atoms with E-state index in [0.717, 1.165) is 11.3 Å². The predicted octanol–water partition coefficient (Wildman–Crippen LogP) is 0.588. The van der Waals surface area contributed by atoms with Gasteiger partial charge in [0.15, 0.2) is 0 Å². The molecule has 0 amide bonds. The smallest absolute Gasteiger partial charge is 0.0740 e. The van der Waals surface area contributed by atoms with E-state index in [2.05, 4.69) is 4.67 Å². The van der Waals surface area contributed by atoms with Crippen molar-refractivity contribution in [3.05, 3.63) is 0 Å². The number of halogens is 2.